The highest BCUT2D eigenvalue weighted by Gasteiger charge is 2.23. The smallest absolute Gasteiger partial charge is 0.326 e. The number of hydrogen-bond donors (Lipinski definition) is 0. The van der Waals surface area contributed by atoms with Crippen molar-refractivity contribution in [2.75, 3.05) is 24.6 Å². The second kappa shape index (κ2) is 10.4. The molecule has 0 unspecified atom stereocenters. The molecule has 3 aromatic rings. The number of aromatic nitrogens is 1. The van der Waals surface area contributed by atoms with Crippen LogP contribution < -0.4 is 9.70 Å². The van der Waals surface area contributed by atoms with Crippen LogP contribution in [0.25, 0.3) is 10.2 Å². The van der Waals surface area contributed by atoms with Gasteiger partial charge in [-0.15, -0.1) is 0 Å². The van der Waals surface area contributed by atoms with Gasteiger partial charge in [-0.3, -0.25) is 19.7 Å². The van der Waals surface area contributed by atoms with Crippen LogP contribution in [0, 0.1) is 10.1 Å². The summed E-state index contributed by atoms with van der Waals surface area (Å²) in [6, 6.07) is 9.61. The molecule has 11 heteroatoms. The van der Waals surface area contributed by atoms with Gasteiger partial charge in [0.2, 0.25) is 0 Å². The molecule has 0 bridgehead atoms. The first-order valence-corrected chi connectivity index (χ1v) is 12.1. The Bertz CT molecular complexity index is 1330. The van der Waals surface area contributed by atoms with Gasteiger partial charge in [0.25, 0.3) is 11.6 Å². The minimum Gasteiger partial charge on any atom is -0.465 e. The molecular weight excluding hydrogens is 480 g/mol. The number of esters is 1. The van der Waals surface area contributed by atoms with Crippen molar-refractivity contribution in [1.82, 2.24) is 4.57 Å². The highest BCUT2D eigenvalue weighted by atomic mass is 35.5. The molecule has 0 saturated carbocycles. The van der Waals surface area contributed by atoms with E-state index in [9.17, 15) is 19.7 Å². The number of nitro groups is 1. The molecule has 1 aromatic heterocycles. The quantitative estimate of drug-likeness (QED) is 0.278. The molecule has 2 aromatic carbocycles. The summed E-state index contributed by atoms with van der Waals surface area (Å²) in [6.07, 6.45) is 3.05. The molecule has 1 aliphatic rings. The summed E-state index contributed by atoms with van der Waals surface area (Å²) >= 11 is 7.30. The number of piperidine rings is 1. The molecule has 1 fully saturated rings. The maximum absolute atomic E-state index is 13.0. The Morgan fingerprint density at radius 2 is 1.94 bits per heavy atom. The topological polar surface area (TPSA) is 107 Å². The molecule has 178 valence electrons. The Balaban J connectivity index is 1.74. The largest absolute Gasteiger partial charge is 0.465 e. The van der Waals surface area contributed by atoms with Crippen LogP contribution in [0.1, 0.15) is 36.5 Å². The van der Waals surface area contributed by atoms with E-state index in [-0.39, 0.29) is 29.2 Å². The Morgan fingerprint density at radius 3 is 2.65 bits per heavy atom. The van der Waals surface area contributed by atoms with Crippen LogP contribution >= 0.6 is 22.9 Å². The van der Waals surface area contributed by atoms with E-state index in [1.165, 1.54) is 17.4 Å². The minimum absolute atomic E-state index is 0.102. The van der Waals surface area contributed by atoms with Gasteiger partial charge in [0.15, 0.2) is 4.80 Å². The fourth-order valence-electron chi connectivity index (χ4n) is 3.98. The normalized spacial score (nSPS) is 14.4. The molecule has 34 heavy (non-hydrogen) atoms. The summed E-state index contributed by atoms with van der Waals surface area (Å²) in [5.74, 6) is -1.10. The molecular formula is C23H23ClN4O5S. The lowest BCUT2D eigenvalue weighted by Gasteiger charge is -2.28. The van der Waals surface area contributed by atoms with Crippen molar-refractivity contribution in [3.8, 4) is 0 Å². The molecule has 0 aliphatic carbocycles. The highest BCUT2D eigenvalue weighted by molar-refractivity contribution is 7.16. The molecule has 1 saturated heterocycles. The molecule has 0 radical (unpaired) electrons. The fraction of sp³-hybridized carbons (Fsp3) is 0.348. The second-order valence-electron chi connectivity index (χ2n) is 7.81. The zero-order chi connectivity index (χ0) is 24.2. The van der Waals surface area contributed by atoms with E-state index in [2.05, 4.69) is 4.99 Å². The van der Waals surface area contributed by atoms with Gasteiger partial charge in [-0.25, -0.2) is 0 Å². The lowest BCUT2D eigenvalue weighted by Crippen LogP contribution is -2.30. The van der Waals surface area contributed by atoms with E-state index in [4.69, 9.17) is 16.3 Å². The third-order valence-electron chi connectivity index (χ3n) is 5.55. The summed E-state index contributed by atoms with van der Waals surface area (Å²) in [5.41, 5.74) is 1.17. The predicted octanol–water partition coefficient (Wildman–Crippen LogP) is 4.56. The number of halogens is 1. The number of hydrogen-bond acceptors (Lipinski definition) is 7. The molecule has 0 spiro atoms. The van der Waals surface area contributed by atoms with Gasteiger partial charge in [0, 0.05) is 29.7 Å². The van der Waals surface area contributed by atoms with Crippen molar-refractivity contribution in [1.29, 1.82) is 0 Å². The van der Waals surface area contributed by atoms with Crippen LogP contribution in [-0.4, -0.2) is 41.1 Å². The number of anilines is 1. The SMILES string of the molecule is CCOC(=O)Cn1c(=NC(=O)c2ccc(N3CCCCC3)c([N+](=O)[O-])c2)sc2cc(Cl)ccc21. The Hall–Kier alpha value is -3.24. The molecule has 1 amide bonds. The van der Waals surface area contributed by atoms with Crippen molar-refractivity contribution in [3.05, 3.63) is 61.9 Å². The number of thiazole rings is 1. The van der Waals surface area contributed by atoms with Gasteiger partial charge in [0.1, 0.15) is 12.2 Å². The first-order chi connectivity index (χ1) is 16.4. The van der Waals surface area contributed by atoms with Crippen LogP contribution in [0.4, 0.5) is 11.4 Å². The number of benzene rings is 2. The van der Waals surface area contributed by atoms with E-state index < -0.39 is 16.8 Å². The number of carbonyl (C=O) groups is 2. The lowest BCUT2D eigenvalue weighted by molar-refractivity contribution is -0.384. The van der Waals surface area contributed by atoms with Crippen molar-refractivity contribution >= 4 is 56.4 Å². The van der Waals surface area contributed by atoms with Gasteiger partial charge in [-0.2, -0.15) is 4.99 Å². The minimum atomic E-state index is -0.636. The molecule has 2 heterocycles. The summed E-state index contributed by atoms with van der Waals surface area (Å²) < 4.78 is 7.39. The Kier molecular flexibility index (Phi) is 7.28. The standard InChI is InChI=1S/C23H23ClN4O5S/c1-2-33-21(29)14-27-18-9-7-16(24)13-20(18)34-23(27)25-22(30)15-6-8-17(19(12-15)28(31)32)26-10-4-3-5-11-26/h6-9,12-13H,2-5,10-11,14H2,1H3. The zero-order valence-corrected chi connectivity index (χ0v) is 20.1. The van der Waals surface area contributed by atoms with Crippen molar-refractivity contribution in [3.63, 3.8) is 0 Å². The Morgan fingerprint density at radius 1 is 1.18 bits per heavy atom. The molecule has 9 nitrogen and oxygen atoms in total. The molecule has 0 atom stereocenters. The van der Waals surface area contributed by atoms with E-state index in [1.54, 1.807) is 41.8 Å². The second-order valence-corrected chi connectivity index (χ2v) is 9.26. The Labute approximate surface area is 204 Å². The van der Waals surface area contributed by atoms with Gasteiger partial charge in [-0.1, -0.05) is 22.9 Å². The number of fused-ring (bicyclic) bond motifs is 1. The number of carbonyl (C=O) groups excluding carboxylic acids is 2. The summed E-state index contributed by atoms with van der Waals surface area (Å²) in [5, 5.41) is 12.3. The zero-order valence-electron chi connectivity index (χ0n) is 18.5. The van der Waals surface area contributed by atoms with E-state index in [0.717, 1.165) is 37.1 Å². The fourth-order valence-corrected chi connectivity index (χ4v) is 5.28. The maximum atomic E-state index is 13.0. The monoisotopic (exact) mass is 502 g/mol. The average Bonchev–Trinajstić information content (AvgIpc) is 3.14. The average molecular weight is 503 g/mol. The van der Waals surface area contributed by atoms with Gasteiger partial charge >= 0.3 is 5.97 Å². The van der Waals surface area contributed by atoms with Gasteiger partial charge in [0.05, 0.1) is 21.7 Å². The highest BCUT2D eigenvalue weighted by Crippen LogP contribution is 2.31. The first-order valence-electron chi connectivity index (χ1n) is 10.9. The van der Waals surface area contributed by atoms with Crippen LogP contribution in [-0.2, 0) is 16.1 Å². The third kappa shape index (κ3) is 5.13. The summed E-state index contributed by atoms with van der Waals surface area (Å²) in [7, 11) is 0. The third-order valence-corrected chi connectivity index (χ3v) is 6.83. The van der Waals surface area contributed by atoms with Crippen LogP contribution in [0.15, 0.2) is 41.4 Å². The summed E-state index contributed by atoms with van der Waals surface area (Å²) in [6.45, 7) is 3.30. The van der Waals surface area contributed by atoms with Crippen molar-refractivity contribution in [2.45, 2.75) is 32.7 Å². The molecule has 4 rings (SSSR count). The number of nitrogens with zero attached hydrogens (tertiary/aromatic N) is 4. The van der Waals surface area contributed by atoms with E-state index in [1.807, 2.05) is 4.90 Å². The van der Waals surface area contributed by atoms with E-state index >= 15 is 0 Å². The number of rotatable bonds is 6. The lowest BCUT2D eigenvalue weighted by atomic mass is 10.1. The van der Waals surface area contributed by atoms with E-state index in [0.29, 0.717) is 16.2 Å². The van der Waals surface area contributed by atoms with Crippen molar-refractivity contribution in [2.24, 2.45) is 4.99 Å². The molecule has 0 N–H and O–H groups in total. The predicted molar refractivity (Wildman–Crippen MR) is 131 cm³/mol. The molecule has 1 aliphatic heterocycles. The number of nitro benzene ring substituents is 1. The van der Waals surface area contributed by atoms with Crippen LogP contribution in [0.5, 0.6) is 0 Å². The van der Waals surface area contributed by atoms with Crippen LogP contribution in [0.3, 0.4) is 0 Å². The van der Waals surface area contributed by atoms with Crippen molar-refractivity contribution < 1.29 is 19.2 Å². The van der Waals surface area contributed by atoms with Gasteiger partial charge in [-0.05, 0) is 56.5 Å². The van der Waals surface area contributed by atoms with Crippen LogP contribution in [0.2, 0.25) is 5.02 Å². The summed E-state index contributed by atoms with van der Waals surface area (Å²) in [4.78, 5) is 42.9. The number of ether oxygens (including phenoxy) is 1. The number of amides is 1. The maximum Gasteiger partial charge on any atom is 0.326 e. The van der Waals surface area contributed by atoms with Gasteiger partial charge < -0.3 is 14.2 Å². The first kappa shape index (κ1) is 23.9.